The van der Waals surface area contributed by atoms with Crippen molar-refractivity contribution in [3.8, 4) is 10.4 Å². The van der Waals surface area contributed by atoms with Gasteiger partial charge in [-0.05, 0) is 23.6 Å². The molecule has 0 aliphatic heterocycles. The number of thiol groups is 1. The molecule has 0 unspecified atom stereocenters. The molecule has 0 atom stereocenters. The zero-order valence-electron chi connectivity index (χ0n) is 8.31. The van der Waals surface area contributed by atoms with Gasteiger partial charge in [0.1, 0.15) is 6.29 Å². The quantitative estimate of drug-likeness (QED) is 0.487. The number of rotatable bonds is 2. The summed E-state index contributed by atoms with van der Waals surface area (Å²) in [5.41, 5.74) is 1.71. The van der Waals surface area contributed by atoms with Gasteiger partial charge in [0.15, 0.2) is 0 Å². The minimum atomic E-state index is 0. The van der Waals surface area contributed by atoms with Crippen LogP contribution in [0.5, 0.6) is 0 Å². The first-order valence-electron chi connectivity index (χ1n) is 4.13. The Bertz CT molecular complexity index is 452. The molecule has 0 bridgehead atoms. The van der Waals surface area contributed by atoms with Crippen molar-refractivity contribution >= 4 is 59.8 Å². The van der Waals surface area contributed by atoms with Crippen LogP contribution in [-0.2, 0) is 0 Å². The molecule has 1 nitrogen and oxygen atoms in total. The van der Waals surface area contributed by atoms with Crippen LogP contribution >= 0.6 is 24.0 Å². The predicted octanol–water partition coefficient (Wildman–Crippen LogP) is 3.14. The van der Waals surface area contributed by atoms with Crippen LogP contribution in [0.4, 0.5) is 0 Å². The Balaban J connectivity index is 0.00000112. The molecule has 0 amide bonds. The molecule has 0 saturated heterocycles. The Hall–Kier alpha value is -0.0600. The molecule has 71 valence electrons. The van der Waals surface area contributed by atoms with E-state index in [2.05, 4.69) is 12.6 Å². The van der Waals surface area contributed by atoms with E-state index in [9.17, 15) is 4.79 Å². The Morgan fingerprint density at radius 2 is 2.07 bits per heavy atom. The third kappa shape index (κ3) is 2.95. The Morgan fingerprint density at radius 3 is 2.67 bits per heavy atom. The molecule has 0 N–H and O–H groups in total. The molecule has 2 aromatic rings. The summed E-state index contributed by atoms with van der Waals surface area (Å²) in [4.78, 5) is 12.7. The van der Waals surface area contributed by atoms with Crippen LogP contribution in [0.15, 0.2) is 40.6 Å². The maximum atomic E-state index is 10.6. The summed E-state index contributed by atoms with van der Waals surface area (Å²) in [5, 5.41) is 2.01. The largest absolute Gasteiger partial charge is 0.298 e. The number of hydrogen-bond acceptors (Lipinski definition) is 3. The average molecular weight is 243 g/mol. The van der Waals surface area contributed by atoms with E-state index < -0.39 is 0 Å². The van der Waals surface area contributed by atoms with Gasteiger partial charge >= 0.3 is 0 Å². The molecule has 0 saturated carbocycles. The number of hydrogen-bond donors (Lipinski definition) is 1. The number of benzene rings is 1. The molecule has 1 heterocycles. The van der Waals surface area contributed by atoms with Gasteiger partial charge in [0.05, 0.1) is 0 Å². The van der Waals surface area contributed by atoms with E-state index in [4.69, 9.17) is 0 Å². The molecule has 2 rings (SSSR count). The van der Waals surface area contributed by atoms with Gasteiger partial charge in [0.2, 0.25) is 0 Å². The standard InChI is InChI=1S/C11H8OS2.Na/c12-7-8-3-4-10(13)9(6-8)11-2-1-5-14-11;/h1-7,13H;. The van der Waals surface area contributed by atoms with Gasteiger partial charge in [-0.15, -0.1) is 24.0 Å². The van der Waals surface area contributed by atoms with Gasteiger partial charge in [-0.3, -0.25) is 4.79 Å². The Morgan fingerprint density at radius 1 is 1.27 bits per heavy atom. The van der Waals surface area contributed by atoms with Gasteiger partial charge in [-0.1, -0.05) is 12.1 Å². The maximum absolute atomic E-state index is 10.6. The molecule has 15 heavy (non-hydrogen) atoms. The van der Waals surface area contributed by atoms with E-state index in [-0.39, 0.29) is 29.6 Å². The van der Waals surface area contributed by atoms with E-state index in [1.54, 1.807) is 17.4 Å². The van der Waals surface area contributed by atoms with Crippen molar-refractivity contribution in [2.75, 3.05) is 0 Å². The van der Waals surface area contributed by atoms with Crippen LogP contribution in [0, 0.1) is 0 Å². The summed E-state index contributed by atoms with van der Waals surface area (Å²) in [7, 11) is 0. The fourth-order valence-electron chi connectivity index (χ4n) is 1.26. The first-order valence-corrected chi connectivity index (χ1v) is 5.46. The molecule has 0 spiro atoms. The second-order valence-electron chi connectivity index (χ2n) is 2.87. The van der Waals surface area contributed by atoms with E-state index in [0.29, 0.717) is 5.56 Å². The minimum Gasteiger partial charge on any atom is -0.298 e. The van der Waals surface area contributed by atoms with Gasteiger partial charge in [0.25, 0.3) is 0 Å². The van der Waals surface area contributed by atoms with E-state index in [0.717, 1.165) is 21.6 Å². The van der Waals surface area contributed by atoms with Gasteiger partial charge in [-0.25, -0.2) is 0 Å². The summed E-state index contributed by atoms with van der Waals surface area (Å²) in [5.74, 6) is 0. The van der Waals surface area contributed by atoms with Crippen LogP contribution in [0.2, 0.25) is 0 Å². The number of thiophene rings is 1. The third-order valence-electron chi connectivity index (χ3n) is 1.94. The van der Waals surface area contributed by atoms with Crippen LogP contribution < -0.4 is 0 Å². The van der Waals surface area contributed by atoms with Gasteiger partial charge in [0, 0.05) is 50.5 Å². The second kappa shape index (κ2) is 5.87. The van der Waals surface area contributed by atoms with Crippen molar-refractivity contribution in [3.63, 3.8) is 0 Å². The molecule has 1 aromatic carbocycles. The molecular weight excluding hydrogens is 235 g/mol. The molecule has 0 fully saturated rings. The zero-order chi connectivity index (χ0) is 9.97. The van der Waals surface area contributed by atoms with Crippen molar-refractivity contribution in [3.05, 3.63) is 41.3 Å². The van der Waals surface area contributed by atoms with E-state index in [1.807, 2.05) is 29.6 Å². The summed E-state index contributed by atoms with van der Waals surface area (Å²) < 4.78 is 0. The molecule has 4 heteroatoms. The molecule has 1 aromatic heterocycles. The normalized spacial score (nSPS) is 9.40. The fourth-order valence-corrected chi connectivity index (χ4v) is 2.35. The van der Waals surface area contributed by atoms with Crippen LogP contribution in [0.25, 0.3) is 10.4 Å². The van der Waals surface area contributed by atoms with Crippen molar-refractivity contribution in [2.24, 2.45) is 0 Å². The molecule has 1 radical (unpaired) electrons. The molecular formula is C11H8NaOS2. The molecule has 0 aliphatic rings. The van der Waals surface area contributed by atoms with Crippen molar-refractivity contribution in [2.45, 2.75) is 4.90 Å². The first-order chi connectivity index (χ1) is 6.81. The van der Waals surface area contributed by atoms with Gasteiger partial charge < -0.3 is 0 Å². The number of carbonyl (C=O) groups excluding carboxylic acids is 1. The fraction of sp³-hybridized carbons (Fsp3) is 0. The zero-order valence-corrected chi connectivity index (χ0v) is 12.0. The smallest absolute Gasteiger partial charge is 0.150 e. The van der Waals surface area contributed by atoms with Crippen LogP contribution in [-0.4, -0.2) is 35.8 Å². The number of carbonyl (C=O) groups is 1. The van der Waals surface area contributed by atoms with Crippen molar-refractivity contribution in [1.29, 1.82) is 0 Å². The summed E-state index contributed by atoms with van der Waals surface area (Å²) in [6, 6.07) is 9.49. The summed E-state index contributed by atoms with van der Waals surface area (Å²) in [6.45, 7) is 0. The van der Waals surface area contributed by atoms with Crippen molar-refractivity contribution < 1.29 is 4.79 Å². The first kappa shape index (κ1) is 13.0. The average Bonchev–Trinajstić information content (AvgIpc) is 2.71. The maximum Gasteiger partial charge on any atom is 0.150 e. The summed E-state index contributed by atoms with van der Waals surface area (Å²) >= 11 is 6.01. The predicted molar refractivity (Wildman–Crippen MR) is 68.1 cm³/mol. The Labute approximate surface area is 120 Å². The number of aldehydes is 1. The molecule has 0 aliphatic carbocycles. The third-order valence-corrected chi connectivity index (χ3v) is 3.24. The van der Waals surface area contributed by atoms with Crippen LogP contribution in [0.1, 0.15) is 10.4 Å². The van der Waals surface area contributed by atoms with Crippen LogP contribution in [0.3, 0.4) is 0 Å². The van der Waals surface area contributed by atoms with Crippen molar-refractivity contribution in [1.82, 2.24) is 0 Å². The SMILES string of the molecule is O=Cc1ccc(S)c(-c2cccs2)c1.[Na]. The van der Waals surface area contributed by atoms with E-state index >= 15 is 0 Å². The van der Waals surface area contributed by atoms with Gasteiger partial charge in [-0.2, -0.15) is 0 Å². The minimum absolute atomic E-state index is 0. The monoisotopic (exact) mass is 243 g/mol. The topological polar surface area (TPSA) is 17.1 Å². The second-order valence-corrected chi connectivity index (χ2v) is 4.30. The Kier molecular flexibility index (Phi) is 5.09. The van der Waals surface area contributed by atoms with E-state index in [1.165, 1.54) is 0 Å². The summed E-state index contributed by atoms with van der Waals surface area (Å²) in [6.07, 6.45) is 0.852.